The third kappa shape index (κ3) is 2.85. The molecule has 4 heteroatoms. The monoisotopic (exact) mass is 271 g/mol. The van der Waals surface area contributed by atoms with Gasteiger partial charge in [0.25, 0.3) is 0 Å². The van der Waals surface area contributed by atoms with Crippen molar-refractivity contribution in [2.75, 3.05) is 32.1 Å². The molecule has 0 aliphatic carbocycles. The summed E-state index contributed by atoms with van der Waals surface area (Å²) in [7, 11) is 1.69. The second-order valence-electron chi connectivity index (χ2n) is 5.32. The van der Waals surface area contributed by atoms with E-state index in [0.717, 1.165) is 42.5 Å². The normalized spacial score (nSPS) is 18.4. The Bertz CT molecular complexity index is 579. The van der Waals surface area contributed by atoms with Crippen LogP contribution in [0.4, 0.5) is 5.82 Å². The van der Waals surface area contributed by atoms with Crippen molar-refractivity contribution in [2.24, 2.45) is 5.92 Å². The van der Waals surface area contributed by atoms with Gasteiger partial charge in [-0.3, -0.25) is 0 Å². The predicted octanol–water partition coefficient (Wildman–Crippen LogP) is 2.65. The molecule has 1 aliphatic rings. The van der Waals surface area contributed by atoms with Gasteiger partial charge in [-0.1, -0.05) is 6.07 Å². The molecule has 2 aromatic rings. The van der Waals surface area contributed by atoms with E-state index in [1.807, 2.05) is 24.4 Å². The van der Waals surface area contributed by atoms with Crippen molar-refractivity contribution in [2.45, 2.75) is 12.8 Å². The second kappa shape index (κ2) is 6.09. The van der Waals surface area contributed by atoms with Crippen molar-refractivity contribution in [3.63, 3.8) is 0 Å². The van der Waals surface area contributed by atoms with E-state index >= 15 is 0 Å². The molecule has 1 fully saturated rings. The molecule has 2 N–H and O–H groups in total. The molecular weight excluding hydrogens is 250 g/mol. The van der Waals surface area contributed by atoms with Crippen molar-refractivity contribution in [3.8, 4) is 5.75 Å². The molecular formula is C16H21N3O. The number of hydrogen-bond donors (Lipinski definition) is 2. The summed E-state index contributed by atoms with van der Waals surface area (Å²) in [6.07, 6.45) is 4.34. The van der Waals surface area contributed by atoms with Gasteiger partial charge < -0.3 is 15.4 Å². The van der Waals surface area contributed by atoms with Crippen LogP contribution in [0.1, 0.15) is 12.8 Å². The lowest BCUT2D eigenvalue weighted by molar-refractivity contribution is 0.415. The van der Waals surface area contributed by atoms with Crippen LogP contribution in [-0.2, 0) is 0 Å². The van der Waals surface area contributed by atoms with E-state index in [1.54, 1.807) is 7.11 Å². The van der Waals surface area contributed by atoms with Gasteiger partial charge in [-0.15, -0.1) is 0 Å². The zero-order valence-electron chi connectivity index (χ0n) is 11.9. The number of fused-ring (bicyclic) bond motifs is 1. The van der Waals surface area contributed by atoms with Gasteiger partial charge in [-0.25, -0.2) is 4.98 Å². The highest BCUT2D eigenvalue weighted by Crippen LogP contribution is 2.25. The lowest BCUT2D eigenvalue weighted by Crippen LogP contribution is -2.13. The first-order valence-corrected chi connectivity index (χ1v) is 7.24. The average Bonchev–Trinajstić information content (AvgIpc) is 3.00. The lowest BCUT2D eigenvalue weighted by atomic mass is 10.1. The summed E-state index contributed by atoms with van der Waals surface area (Å²) in [6, 6.07) is 8.13. The van der Waals surface area contributed by atoms with Crippen molar-refractivity contribution < 1.29 is 4.74 Å². The van der Waals surface area contributed by atoms with Crippen molar-refractivity contribution in [1.29, 1.82) is 0 Å². The number of ether oxygens (including phenoxy) is 1. The van der Waals surface area contributed by atoms with Crippen LogP contribution in [0, 0.1) is 5.92 Å². The number of methoxy groups -OCH3 is 1. The standard InChI is InChI=1S/C16H21N3O/c1-20-14-3-2-13-6-9-19-16(15(13)10-14)18-8-5-12-4-7-17-11-12/h2-3,6,9-10,12,17H,4-5,7-8,11H2,1H3,(H,18,19). The zero-order valence-corrected chi connectivity index (χ0v) is 11.9. The largest absolute Gasteiger partial charge is 0.497 e. The molecule has 0 bridgehead atoms. The molecule has 2 heterocycles. The van der Waals surface area contributed by atoms with Gasteiger partial charge in [0.2, 0.25) is 0 Å². The molecule has 3 rings (SSSR count). The maximum atomic E-state index is 5.30. The third-order valence-corrected chi connectivity index (χ3v) is 3.98. The highest BCUT2D eigenvalue weighted by Gasteiger charge is 2.13. The Balaban J connectivity index is 1.72. The first kappa shape index (κ1) is 13.2. The van der Waals surface area contributed by atoms with Crippen LogP contribution in [-0.4, -0.2) is 31.7 Å². The Kier molecular flexibility index (Phi) is 4.02. The summed E-state index contributed by atoms with van der Waals surface area (Å²) < 4.78 is 5.30. The number of rotatable bonds is 5. The third-order valence-electron chi connectivity index (χ3n) is 3.98. The van der Waals surface area contributed by atoms with Crippen LogP contribution in [0.15, 0.2) is 30.5 Å². The Morgan fingerprint density at radius 2 is 2.35 bits per heavy atom. The number of nitrogens with zero attached hydrogens (tertiary/aromatic N) is 1. The highest BCUT2D eigenvalue weighted by atomic mass is 16.5. The molecule has 4 nitrogen and oxygen atoms in total. The van der Waals surface area contributed by atoms with Crippen molar-refractivity contribution >= 4 is 16.6 Å². The van der Waals surface area contributed by atoms with Crippen molar-refractivity contribution in [1.82, 2.24) is 10.3 Å². The van der Waals surface area contributed by atoms with E-state index in [0.29, 0.717) is 0 Å². The molecule has 1 aromatic carbocycles. The van der Waals surface area contributed by atoms with Gasteiger partial charge in [0.15, 0.2) is 0 Å². The quantitative estimate of drug-likeness (QED) is 0.877. The predicted molar refractivity (Wildman–Crippen MR) is 82.4 cm³/mol. The minimum absolute atomic E-state index is 0.798. The van der Waals surface area contributed by atoms with Gasteiger partial charge in [-0.2, -0.15) is 0 Å². The molecule has 0 spiro atoms. The minimum Gasteiger partial charge on any atom is -0.497 e. The van der Waals surface area contributed by atoms with Crippen LogP contribution < -0.4 is 15.4 Å². The zero-order chi connectivity index (χ0) is 13.8. The highest BCUT2D eigenvalue weighted by molar-refractivity contribution is 5.92. The summed E-state index contributed by atoms with van der Waals surface area (Å²) >= 11 is 0. The fraction of sp³-hybridized carbons (Fsp3) is 0.438. The molecule has 1 atom stereocenters. The summed E-state index contributed by atoms with van der Waals surface area (Å²) in [6.45, 7) is 3.28. The smallest absolute Gasteiger partial charge is 0.133 e. The summed E-state index contributed by atoms with van der Waals surface area (Å²) in [5.41, 5.74) is 0. The molecule has 1 aliphatic heterocycles. The topological polar surface area (TPSA) is 46.2 Å². The Hall–Kier alpha value is -1.81. The van der Waals surface area contributed by atoms with Gasteiger partial charge in [0.05, 0.1) is 7.11 Å². The second-order valence-corrected chi connectivity index (χ2v) is 5.32. The molecule has 1 saturated heterocycles. The fourth-order valence-corrected chi connectivity index (χ4v) is 2.77. The number of hydrogen-bond acceptors (Lipinski definition) is 4. The molecule has 0 radical (unpaired) electrons. The van der Waals surface area contributed by atoms with Gasteiger partial charge in [-0.05, 0) is 55.4 Å². The number of pyridine rings is 1. The van der Waals surface area contributed by atoms with Crippen LogP contribution in [0.5, 0.6) is 5.75 Å². The fourth-order valence-electron chi connectivity index (χ4n) is 2.77. The SMILES string of the molecule is COc1ccc2ccnc(NCCC3CCNC3)c2c1. The minimum atomic E-state index is 0.798. The molecule has 1 aromatic heterocycles. The van der Waals surface area contributed by atoms with Gasteiger partial charge in [0.1, 0.15) is 11.6 Å². The van der Waals surface area contributed by atoms with Crippen LogP contribution in [0.25, 0.3) is 10.8 Å². The molecule has 1 unspecified atom stereocenters. The number of anilines is 1. The van der Waals surface area contributed by atoms with Gasteiger partial charge >= 0.3 is 0 Å². The molecule has 0 saturated carbocycles. The van der Waals surface area contributed by atoms with E-state index in [2.05, 4.69) is 21.7 Å². The number of nitrogens with one attached hydrogen (secondary N) is 2. The van der Waals surface area contributed by atoms with E-state index < -0.39 is 0 Å². The Labute approximate surface area is 119 Å². The van der Waals surface area contributed by atoms with Crippen molar-refractivity contribution in [3.05, 3.63) is 30.5 Å². The molecule has 0 amide bonds. The first-order valence-electron chi connectivity index (χ1n) is 7.24. The van der Waals surface area contributed by atoms with E-state index in [1.165, 1.54) is 18.2 Å². The maximum Gasteiger partial charge on any atom is 0.133 e. The Morgan fingerprint density at radius 1 is 1.40 bits per heavy atom. The first-order chi connectivity index (χ1) is 9.86. The average molecular weight is 271 g/mol. The molecule has 20 heavy (non-hydrogen) atoms. The Morgan fingerprint density at radius 3 is 3.15 bits per heavy atom. The summed E-state index contributed by atoms with van der Waals surface area (Å²) in [4.78, 5) is 4.46. The van der Waals surface area contributed by atoms with Crippen LogP contribution >= 0.6 is 0 Å². The van der Waals surface area contributed by atoms with Crippen LogP contribution in [0.2, 0.25) is 0 Å². The van der Waals surface area contributed by atoms with E-state index in [-0.39, 0.29) is 0 Å². The van der Waals surface area contributed by atoms with Gasteiger partial charge in [0, 0.05) is 18.1 Å². The number of benzene rings is 1. The summed E-state index contributed by atoms with van der Waals surface area (Å²) in [5.74, 6) is 2.62. The maximum absolute atomic E-state index is 5.30. The summed E-state index contributed by atoms with van der Waals surface area (Å²) in [5, 5.41) is 9.18. The lowest BCUT2D eigenvalue weighted by Gasteiger charge is -2.12. The number of aromatic nitrogens is 1. The van der Waals surface area contributed by atoms with E-state index in [9.17, 15) is 0 Å². The van der Waals surface area contributed by atoms with Crippen LogP contribution in [0.3, 0.4) is 0 Å². The molecule has 106 valence electrons. The van der Waals surface area contributed by atoms with E-state index in [4.69, 9.17) is 4.74 Å².